The summed E-state index contributed by atoms with van der Waals surface area (Å²) in [4.78, 5) is 0. The number of methoxy groups -OCH3 is 1. The second kappa shape index (κ2) is 6.23. The Morgan fingerprint density at radius 3 is 2.62 bits per heavy atom. The first-order valence-corrected chi connectivity index (χ1v) is 6.78. The highest BCUT2D eigenvalue weighted by atomic mass is 16.5. The number of hydrogen-bond acceptors (Lipinski definition) is 5. The molecule has 1 aromatic heterocycles. The predicted octanol–water partition coefficient (Wildman–Crippen LogP) is 3.07. The fraction of sp³-hybridized carbons (Fsp3) is 0.312. The van der Waals surface area contributed by atoms with Crippen LogP contribution in [0.15, 0.2) is 18.2 Å². The normalized spacial score (nSPS) is 10.0. The summed E-state index contributed by atoms with van der Waals surface area (Å²) >= 11 is 0. The van der Waals surface area contributed by atoms with E-state index in [2.05, 4.69) is 21.6 Å². The molecule has 0 saturated carbocycles. The van der Waals surface area contributed by atoms with Crippen LogP contribution in [0, 0.1) is 25.2 Å². The van der Waals surface area contributed by atoms with E-state index in [1.807, 2.05) is 20.8 Å². The maximum absolute atomic E-state index is 9.07. The second-order valence-corrected chi connectivity index (χ2v) is 4.70. The van der Waals surface area contributed by atoms with Crippen LogP contribution in [0.2, 0.25) is 0 Å². The van der Waals surface area contributed by atoms with Crippen LogP contribution in [-0.2, 0) is 0 Å². The molecule has 0 saturated heterocycles. The monoisotopic (exact) mass is 282 g/mol. The molecule has 0 unspecified atom stereocenters. The molecule has 1 aromatic carbocycles. The van der Waals surface area contributed by atoms with Gasteiger partial charge in [-0.05, 0) is 50.1 Å². The number of rotatable bonds is 4. The first-order chi connectivity index (χ1) is 10.1. The fourth-order valence-corrected chi connectivity index (χ4v) is 2.16. The molecule has 0 aliphatic rings. The highest BCUT2D eigenvalue weighted by Crippen LogP contribution is 2.33. The van der Waals surface area contributed by atoms with E-state index in [0.29, 0.717) is 11.3 Å². The molecule has 0 atom stereocenters. The number of nitriles is 1. The molecular weight excluding hydrogens is 264 g/mol. The van der Waals surface area contributed by atoms with Crippen LogP contribution in [0.1, 0.15) is 23.6 Å². The number of hydrogen-bond donors (Lipinski definition) is 1. The van der Waals surface area contributed by atoms with Crippen molar-refractivity contribution in [3.63, 3.8) is 0 Å². The molecule has 5 heteroatoms. The molecule has 0 radical (unpaired) electrons. The molecule has 108 valence electrons. The lowest BCUT2D eigenvalue weighted by molar-refractivity contribution is 0.416. The lowest BCUT2D eigenvalue weighted by Gasteiger charge is -2.14. The van der Waals surface area contributed by atoms with E-state index in [9.17, 15) is 0 Å². The zero-order valence-electron chi connectivity index (χ0n) is 12.7. The molecular formula is C16H18N4O. The predicted molar refractivity (Wildman–Crippen MR) is 82.4 cm³/mol. The zero-order chi connectivity index (χ0) is 15.4. The molecule has 0 fully saturated rings. The number of nitrogens with one attached hydrogen (secondary N) is 1. The third-order valence-electron chi connectivity index (χ3n) is 3.45. The van der Waals surface area contributed by atoms with Gasteiger partial charge in [-0.2, -0.15) is 5.26 Å². The van der Waals surface area contributed by atoms with E-state index in [0.717, 1.165) is 34.7 Å². The van der Waals surface area contributed by atoms with Crippen molar-refractivity contribution in [1.82, 2.24) is 10.2 Å². The van der Waals surface area contributed by atoms with Gasteiger partial charge in [0.2, 0.25) is 0 Å². The fourth-order valence-electron chi connectivity index (χ4n) is 2.16. The van der Waals surface area contributed by atoms with E-state index in [-0.39, 0.29) is 0 Å². The highest BCUT2D eigenvalue weighted by Gasteiger charge is 2.15. The van der Waals surface area contributed by atoms with Crippen molar-refractivity contribution in [2.45, 2.75) is 20.8 Å². The first kappa shape index (κ1) is 14.8. The van der Waals surface area contributed by atoms with Gasteiger partial charge in [0.25, 0.3) is 0 Å². The molecule has 2 rings (SSSR count). The van der Waals surface area contributed by atoms with Crippen LogP contribution in [0.25, 0.3) is 11.3 Å². The Hall–Kier alpha value is -2.61. The lowest BCUT2D eigenvalue weighted by Crippen LogP contribution is -2.06. The van der Waals surface area contributed by atoms with Gasteiger partial charge in [0.05, 0.1) is 18.7 Å². The van der Waals surface area contributed by atoms with Crippen LogP contribution in [-0.4, -0.2) is 23.9 Å². The Labute approximate surface area is 124 Å². The molecule has 21 heavy (non-hydrogen) atoms. The van der Waals surface area contributed by atoms with Crippen LogP contribution < -0.4 is 10.1 Å². The van der Waals surface area contributed by atoms with Gasteiger partial charge >= 0.3 is 0 Å². The molecule has 0 bridgehead atoms. The molecule has 0 aliphatic heterocycles. The van der Waals surface area contributed by atoms with E-state index < -0.39 is 0 Å². The molecule has 1 heterocycles. The number of ether oxygens (including phenoxy) is 1. The maximum atomic E-state index is 9.07. The topological polar surface area (TPSA) is 70.8 Å². The summed E-state index contributed by atoms with van der Waals surface area (Å²) in [6.07, 6.45) is 0. The van der Waals surface area contributed by atoms with Gasteiger partial charge in [-0.25, -0.2) is 0 Å². The van der Waals surface area contributed by atoms with E-state index in [1.165, 1.54) is 0 Å². The minimum absolute atomic E-state index is 0.570. The standard InChI is InChI=1S/C16H18N4O/c1-5-18-16-11(3)10(2)15(19-20-16)13-8-12(9-17)6-7-14(13)21-4/h6-8H,5H2,1-4H3,(H,18,20). The van der Waals surface area contributed by atoms with Crippen molar-refractivity contribution in [3.8, 4) is 23.1 Å². The average Bonchev–Trinajstić information content (AvgIpc) is 2.51. The molecule has 1 N–H and O–H groups in total. The minimum Gasteiger partial charge on any atom is -0.496 e. The molecule has 5 nitrogen and oxygen atoms in total. The number of anilines is 1. The van der Waals surface area contributed by atoms with Crippen molar-refractivity contribution in [1.29, 1.82) is 5.26 Å². The maximum Gasteiger partial charge on any atom is 0.151 e. The average molecular weight is 282 g/mol. The highest BCUT2D eigenvalue weighted by molar-refractivity contribution is 5.73. The zero-order valence-corrected chi connectivity index (χ0v) is 12.7. The summed E-state index contributed by atoms with van der Waals surface area (Å²) in [6.45, 7) is 6.82. The molecule has 0 spiro atoms. The summed E-state index contributed by atoms with van der Waals surface area (Å²) in [5, 5.41) is 20.8. The Morgan fingerprint density at radius 2 is 2.00 bits per heavy atom. The van der Waals surface area contributed by atoms with Crippen molar-refractivity contribution in [2.24, 2.45) is 0 Å². The number of aromatic nitrogens is 2. The summed E-state index contributed by atoms with van der Waals surface area (Å²) in [5.41, 5.74) is 4.16. The van der Waals surface area contributed by atoms with Gasteiger partial charge in [0, 0.05) is 12.1 Å². The largest absolute Gasteiger partial charge is 0.496 e. The first-order valence-electron chi connectivity index (χ1n) is 6.78. The summed E-state index contributed by atoms with van der Waals surface area (Å²) in [7, 11) is 1.60. The van der Waals surface area contributed by atoms with Crippen molar-refractivity contribution >= 4 is 5.82 Å². The molecule has 0 aliphatic carbocycles. The van der Waals surface area contributed by atoms with E-state index >= 15 is 0 Å². The number of benzene rings is 1. The third kappa shape index (κ3) is 2.79. The van der Waals surface area contributed by atoms with Crippen LogP contribution in [0.3, 0.4) is 0 Å². The summed E-state index contributed by atoms with van der Waals surface area (Å²) in [5.74, 6) is 1.47. The van der Waals surface area contributed by atoms with Crippen LogP contribution in [0.4, 0.5) is 5.82 Å². The van der Waals surface area contributed by atoms with Crippen molar-refractivity contribution in [2.75, 3.05) is 19.0 Å². The number of nitrogens with zero attached hydrogens (tertiary/aromatic N) is 3. The van der Waals surface area contributed by atoms with Gasteiger partial charge < -0.3 is 10.1 Å². The Bertz CT molecular complexity index is 704. The summed E-state index contributed by atoms with van der Waals surface area (Å²) < 4.78 is 5.38. The minimum atomic E-state index is 0.570. The van der Waals surface area contributed by atoms with E-state index in [1.54, 1.807) is 25.3 Å². The SMILES string of the molecule is CCNc1nnc(-c2cc(C#N)ccc2OC)c(C)c1C. The summed E-state index contributed by atoms with van der Waals surface area (Å²) in [6, 6.07) is 7.43. The lowest BCUT2D eigenvalue weighted by atomic mass is 10.0. The third-order valence-corrected chi connectivity index (χ3v) is 3.45. The van der Waals surface area contributed by atoms with Crippen LogP contribution in [0.5, 0.6) is 5.75 Å². The molecule has 2 aromatic rings. The quantitative estimate of drug-likeness (QED) is 0.933. The van der Waals surface area contributed by atoms with E-state index in [4.69, 9.17) is 10.00 Å². The molecule has 0 amide bonds. The van der Waals surface area contributed by atoms with Gasteiger partial charge in [-0.15, -0.1) is 10.2 Å². The smallest absolute Gasteiger partial charge is 0.151 e. The van der Waals surface area contributed by atoms with Gasteiger partial charge in [0.15, 0.2) is 5.82 Å². The Kier molecular flexibility index (Phi) is 4.39. The van der Waals surface area contributed by atoms with Gasteiger partial charge in [-0.3, -0.25) is 0 Å². The Balaban J connectivity index is 2.62. The van der Waals surface area contributed by atoms with Crippen molar-refractivity contribution < 1.29 is 4.74 Å². The van der Waals surface area contributed by atoms with Gasteiger partial charge in [-0.1, -0.05) is 0 Å². The Morgan fingerprint density at radius 1 is 1.24 bits per heavy atom. The van der Waals surface area contributed by atoms with Crippen LogP contribution >= 0.6 is 0 Å². The van der Waals surface area contributed by atoms with Gasteiger partial charge in [0.1, 0.15) is 11.4 Å². The second-order valence-electron chi connectivity index (χ2n) is 4.70. The van der Waals surface area contributed by atoms with Crippen molar-refractivity contribution in [3.05, 3.63) is 34.9 Å².